The van der Waals surface area contributed by atoms with Gasteiger partial charge < -0.3 is 14.8 Å². The topological polar surface area (TPSA) is 43.4 Å². The fraction of sp³-hybridized carbons (Fsp3) is 0.400. The lowest BCUT2D eigenvalue weighted by atomic mass is 10.1. The van der Waals surface area contributed by atoms with Crippen LogP contribution in [0.4, 0.5) is 5.82 Å². The van der Waals surface area contributed by atoms with E-state index < -0.39 is 0 Å². The van der Waals surface area contributed by atoms with Gasteiger partial charge in [-0.1, -0.05) is 0 Å². The second kappa shape index (κ2) is 4.96. The molecule has 0 radical (unpaired) electrons. The Labute approximate surface area is 112 Å². The number of fused-ring (bicyclic) bond motifs is 2. The molecule has 0 bridgehead atoms. The van der Waals surface area contributed by atoms with Gasteiger partial charge >= 0.3 is 0 Å². The van der Waals surface area contributed by atoms with E-state index in [9.17, 15) is 0 Å². The zero-order valence-corrected chi connectivity index (χ0v) is 11.3. The molecule has 1 aliphatic rings. The van der Waals surface area contributed by atoms with Crippen molar-refractivity contribution in [1.29, 1.82) is 0 Å². The van der Waals surface area contributed by atoms with Gasteiger partial charge in [-0.3, -0.25) is 0 Å². The molecule has 0 spiro atoms. The molecule has 2 aromatic rings. The van der Waals surface area contributed by atoms with Crippen molar-refractivity contribution in [3.05, 3.63) is 23.8 Å². The number of ether oxygens (including phenoxy) is 2. The minimum atomic E-state index is 0.769. The summed E-state index contributed by atoms with van der Waals surface area (Å²) in [5.41, 5.74) is 2.18. The molecule has 0 amide bonds. The van der Waals surface area contributed by atoms with E-state index in [-0.39, 0.29) is 0 Å². The second-order valence-electron chi connectivity index (χ2n) is 4.78. The van der Waals surface area contributed by atoms with Crippen molar-refractivity contribution in [3.8, 4) is 11.5 Å². The maximum Gasteiger partial charge on any atom is 0.131 e. The lowest BCUT2D eigenvalue weighted by Crippen LogP contribution is -2.02. The first kappa shape index (κ1) is 12.1. The Bertz CT molecular complexity index is 611. The number of methoxy groups -OCH3 is 2. The highest BCUT2D eigenvalue weighted by Gasteiger charge is 2.13. The van der Waals surface area contributed by atoms with E-state index in [1.165, 1.54) is 18.4 Å². The quantitative estimate of drug-likeness (QED) is 0.899. The fourth-order valence-corrected chi connectivity index (χ4v) is 2.54. The Morgan fingerprint density at radius 3 is 2.79 bits per heavy atom. The molecule has 0 saturated carbocycles. The Balaban J connectivity index is 2.22. The van der Waals surface area contributed by atoms with Gasteiger partial charge in [0.25, 0.3) is 0 Å². The zero-order valence-electron chi connectivity index (χ0n) is 11.3. The number of aromatic nitrogens is 1. The number of hydrogen-bond acceptors (Lipinski definition) is 4. The summed E-state index contributed by atoms with van der Waals surface area (Å²) in [6.07, 6.45) is 3.46. The molecule has 0 unspecified atom stereocenters. The summed E-state index contributed by atoms with van der Waals surface area (Å²) in [6, 6.07) is 6.04. The van der Waals surface area contributed by atoms with Gasteiger partial charge in [0.15, 0.2) is 0 Å². The molecule has 0 fully saturated rings. The molecule has 1 aromatic carbocycles. The Morgan fingerprint density at radius 1 is 1.11 bits per heavy atom. The fourth-order valence-electron chi connectivity index (χ4n) is 2.54. The summed E-state index contributed by atoms with van der Waals surface area (Å²) < 4.78 is 10.7. The standard InChI is InChI=1S/C15H18N2O2/c1-18-11-8-13-12(14(9-11)19-2)7-10-5-3-4-6-16-15(10)17-13/h7-9H,3-6H2,1-2H3,(H,16,17). The van der Waals surface area contributed by atoms with E-state index in [1.54, 1.807) is 14.2 Å². The van der Waals surface area contributed by atoms with Crippen molar-refractivity contribution < 1.29 is 9.47 Å². The van der Waals surface area contributed by atoms with Crippen molar-refractivity contribution in [3.63, 3.8) is 0 Å². The maximum absolute atomic E-state index is 5.45. The highest BCUT2D eigenvalue weighted by atomic mass is 16.5. The largest absolute Gasteiger partial charge is 0.497 e. The van der Waals surface area contributed by atoms with Gasteiger partial charge in [-0.15, -0.1) is 0 Å². The van der Waals surface area contributed by atoms with E-state index in [0.717, 1.165) is 41.2 Å². The first-order chi connectivity index (χ1) is 9.31. The van der Waals surface area contributed by atoms with Gasteiger partial charge in [0, 0.05) is 24.1 Å². The molecule has 19 heavy (non-hydrogen) atoms. The number of nitrogens with one attached hydrogen (secondary N) is 1. The van der Waals surface area contributed by atoms with Crippen LogP contribution in [-0.2, 0) is 6.42 Å². The molecular weight excluding hydrogens is 240 g/mol. The third-order valence-corrected chi connectivity index (χ3v) is 3.57. The van der Waals surface area contributed by atoms with Crippen LogP contribution in [0, 0.1) is 0 Å². The minimum absolute atomic E-state index is 0.769. The van der Waals surface area contributed by atoms with Crippen LogP contribution in [0.25, 0.3) is 10.9 Å². The monoisotopic (exact) mass is 258 g/mol. The Morgan fingerprint density at radius 2 is 2.00 bits per heavy atom. The molecule has 3 rings (SSSR count). The zero-order chi connectivity index (χ0) is 13.2. The molecule has 1 N–H and O–H groups in total. The molecule has 4 nitrogen and oxygen atoms in total. The smallest absolute Gasteiger partial charge is 0.131 e. The second-order valence-corrected chi connectivity index (χ2v) is 4.78. The predicted molar refractivity (Wildman–Crippen MR) is 76.3 cm³/mol. The third kappa shape index (κ3) is 2.18. The molecule has 0 saturated heterocycles. The minimum Gasteiger partial charge on any atom is -0.497 e. The number of benzene rings is 1. The molecule has 100 valence electrons. The van der Waals surface area contributed by atoms with Gasteiger partial charge in [0.2, 0.25) is 0 Å². The van der Waals surface area contributed by atoms with Crippen molar-refractivity contribution in [2.45, 2.75) is 19.3 Å². The molecule has 2 heterocycles. The van der Waals surface area contributed by atoms with E-state index >= 15 is 0 Å². The Kier molecular flexibility index (Phi) is 3.15. The number of hydrogen-bond donors (Lipinski definition) is 1. The number of pyridine rings is 1. The average Bonchev–Trinajstić information content (AvgIpc) is 2.68. The van der Waals surface area contributed by atoms with Crippen LogP contribution in [-0.4, -0.2) is 25.7 Å². The predicted octanol–water partition coefficient (Wildman–Crippen LogP) is 3.00. The molecule has 4 heteroatoms. The summed E-state index contributed by atoms with van der Waals surface area (Å²) >= 11 is 0. The first-order valence-electron chi connectivity index (χ1n) is 6.61. The highest BCUT2D eigenvalue weighted by molar-refractivity contribution is 5.89. The number of nitrogens with zero attached hydrogens (tertiary/aromatic N) is 1. The SMILES string of the molecule is COc1cc(OC)c2cc3c(nc2c1)NCCCC3. The lowest BCUT2D eigenvalue weighted by Gasteiger charge is -2.12. The van der Waals surface area contributed by atoms with Crippen molar-refractivity contribution in [2.75, 3.05) is 26.1 Å². The van der Waals surface area contributed by atoms with Crippen LogP contribution in [0.2, 0.25) is 0 Å². The maximum atomic E-state index is 5.45. The summed E-state index contributed by atoms with van der Waals surface area (Å²) in [6.45, 7) is 0.993. The van der Waals surface area contributed by atoms with Gasteiger partial charge in [0.05, 0.1) is 19.7 Å². The molecule has 1 aliphatic heterocycles. The van der Waals surface area contributed by atoms with Crippen LogP contribution >= 0.6 is 0 Å². The number of rotatable bonds is 2. The van der Waals surface area contributed by atoms with Crippen molar-refractivity contribution in [1.82, 2.24) is 4.98 Å². The normalized spacial score (nSPS) is 14.4. The van der Waals surface area contributed by atoms with Crippen LogP contribution in [0.3, 0.4) is 0 Å². The van der Waals surface area contributed by atoms with Crippen LogP contribution < -0.4 is 14.8 Å². The number of aryl methyl sites for hydroxylation is 1. The summed E-state index contributed by atoms with van der Waals surface area (Å²) in [5, 5.41) is 4.45. The molecule has 0 aliphatic carbocycles. The van der Waals surface area contributed by atoms with Gasteiger partial charge in [0.1, 0.15) is 17.3 Å². The van der Waals surface area contributed by atoms with E-state index in [4.69, 9.17) is 14.5 Å². The molecule has 0 atom stereocenters. The summed E-state index contributed by atoms with van der Waals surface area (Å²) in [5.74, 6) is 2.58. The van der Waals surface area contributed by atoms with E-state index in [2.05, 4.69) is 11.4 Å². The highest BCUT2D eigenvalue weighted by Crippen LogP contribution is 2.33. The third-order valence-electron chi connectivity index (χ3n) is 3.57. The van der Waals surface area contributed by atoms with E-state index in [0.29, 0.717) is 0 Å². The van der Waals surface area contributed by atoms with Crippen LogP contribution in [0.1, 0.15) is 18.4 Å². The van der Waals surface area contributed by atoms with Gasteiger partial charge in [-0.25, -0.2) is 4.98 Å². The van der Waals surface area contributed by atoms with Gasteiger partial charge in [-0.2, -0.15) is 0 Å². The van der Waals surface area contributed by atoms with Crippen molar-refractivity contribution in [2.24, 2.45) is 0 Å². The van der Waals surface area contributed by atoms with E-state index in [1.807, 2.05) is 12.1 Å². The van der Waals surface area contributed by atoms with Crippen LogP contribution in [0.15, 0.2) is 18.2 Å². The van der Waals surface area contributed by atoms with Gasteiger partial charge in [-0.05, 0) is 30.9 Å². The molecule has 1 aromatic heterocycles. The lowest BCUT2D eigenvalue weighted by molar-refractivity contribution is 0.398. The van der Waals surface area contributed by atoms with Crippen molar-refractivity contribution >= 4 is 16.7 Å². The Hall–Kier alpha value is -1.97. The summed E-state index contributed by atoms with van der Waals surface area (Å²) in [7, 11) is 3.33. The first-order valence-corrected chi connectivity index (χ1v) is 6.61. The molecular formula is C15H18N2O2. The average molecular weight is 258 g/mol. The van der Waals surface area contributed by atoms with Crippen LogP contribution in [0.5, 0.6) is 11.5 Å². The summed E-state index contributed by atoms with van der Waals surface area (Å²) in [4.78, 5) is 4.72. The number of anilines is 1.